The Morgan fingerprint density at radius 3 is 2.66 bits per heavy atom. The number of fused-ring (bicyclic) bond motifs is 1. The first-order valence-corrected chi connectivity index (χ1v) is 11.3. The van der Waals surface area contributed by atoms with Crippen LogP contribution in [0.2, 0.25) is 5.02 Å². The molecule has 0 aliphatic carbocycles. The molecule has 1 aliphatic heterocycles. The fourth-order valence-electron chi connectivity index (χ4n) is 4.46. The van der Waals surface area contributed by atoms with Gasteiger partial charge in [0.2, 0.25) is 0 Å². The first-order chi connectivity index (χ1) is 15.6. The van der Waals surface area contributed by atoms with E-state index in [-0.39, 0.29) is 12.2 Å². The summed E-state index contributed by atoms with van der Waals surface area (Å²) in [6, 6.07) is 11.2. The predicted octanol–water partition coefficient (Wildman–Crippen LogP) is 4.58. The Morgan fingerprint density at radius 1 is 1.06 bits per heavy atom. The maximum absolute atomic E-state index is 12.9. The summed E-state index contributed by atoms with van der Waals surface area (Å²) < 4.78 is 1.64. The smallest absolute Gasteiger partial charge is 0.251 e. The van der Waals surface area contributed by atoms with Crippen LogP contribution < -0.4 is 10.5 Å². The molecule has 1 aromatic carbocycles. The van der Waals surface area contributed by atoms with E-state index in [2.05, 4.69) is 20.9 Å². The van der Waals surface area contributed by atoms with Crippen molar-refractivity contribution in [3.8, 4) is 11.1 Å². The van der Waals surface area contributed by atoms with E-state index in [1.54, 1.807) is 22.9 Å². The van der Waals surface area contributed by atoms with Crippen LogP contribution in [0.5, 0.6) is 0 Å². The Kier molecular flexibility index (Phi) is 5.72. The summed E-state index contributed by atoms with van der Waals surface area (Å²) in [7, 11) is 0. The second-order valence-electron chi connectivity index (χ2n) is 8.35. The lowest BCUT2D eigenvalue weighted by atomic mass is 10.1. The fraction of sp³-hybridized carbons (Fsp3) is 0.280. The number of aromatic nitrogens is 3. The number of nitrogens with zero attached hydrogens (tertiary/aromatic N) is 3. The van der Waals surface area contributed by atoms with Crippen molar-refractivity contribution in [3.63, 3.8) is 0 Å². The topological polar surface area (TPSA) is 74.2 Å². The second kappa shape index (κ2) is 8.81. The molecular formula is C25H25ClN4O2. The molecule has 7 heteroatoms. The van der Waals surface area contributed by atoms with Crippen molar-refractivity contribution >= 4 is 28.3 Å². The molecule has 1 saturated heterocycles. The van der Waals surface area contributed by atoms with E-state index in [1.165, 1.54) is 19.3 Å². The van der Waals surface area contributed by atoms with Gasteiger partial charge < -0.3 is 19.6 Å². The summed E-state index contributed by atoms with van der Waals surface area (Å²) in [5.74, 6) is 0. The molecule has 0 spiro atoms. The number of pyridine rings is 2. The van der Waals surface area contributed by atoms with Crippen LogP contribution in [0.4, 0.5) is 5.69 Å². The largest absolute Gasteiger partial charge is 0.392 e. The number of nitrogens with one attached hydrogen (secondary N) is 1. The van der Waals surface area contributed by atoms with Crippen molar-refractivity contribution in [2.45, 2.75) is 32.4 Å². The van der Waals surface area contributed by atoms with E-state index < -0.39 is 0 Å². The highest BCUT2D eigenvalue weighted by atomic mass is 35.5. The highest BCUT2D eigenvalue weighted by Gasteiger charge is 2.15. The van der Waals surface area contributed by atoms with Crippen molar-refractivity contribution < 1.29 is 5.11 Å². The molecule has 0 radical (unpaired) electrons. The third kappa shape index (κ3) is 4.16. The highest BCUT2D eigenvalue weighted by molar-refractivity contribution is 6.30. The summed E-state index contributed by atoms with van der Waals surface area (Å²) in [6.07, 6.45) is 9.36. The summed E-state index contributed by atoms with van der Waals surface area (Å²) >= 11 is 6.14. The molecule has 0 unspecified atom stereocenters. The van der Waals surface area contributed by atoms with E-state index in [4.69, 9.17) is 11.6 Å². The van der Waals surface area contributed by atoms with Crippen LogP contribution in [-0.4, -0.2) is 32.7 Å². The van der Waals surface area contributed by atoms with Gasteiger partial charge in [-0.05, 0) is 60.2 Å². The Labute approximate surface area is 191 Å². The minimum absolute atomic E-state index is 0.0879. The first kappa shape index (κ1) is 20.8. The number of aliphatic hydroxyl groups excluding tert-OH is 1. The van der Waals surface area contributed by atoms with Crippen molar-refractivity contribution in [1.29, 1.82) is 0 Å². The zero-order chi connectivity index (χ0) is 22.1. The number of benzene rings is 1. The van der Waals surface area contributed by atoms with Gasteiger partial charge in [0.15, 0.2) is 0 Å². The quantitative estimate of drug-likeness (QED) is 0.468. The zero-order valence-corrected chi connectivity index (χ0v) is 18.5. The standard InChI is InChI=1S/C25H25ClN4O2/c26-20-9-17(8-18(10-20)16-31)15-30-7-4-19(11-24(30)32)23-14-28-25-22(23)12-21(13-27-25)29-5-2-1-3-6-29/h4,7-14,31H,1-3,5-6,15-16H2,(H,27,28). The van der Waals surface area contributed by atoms with Gasteiger partial charge in [-0.25, -0.2) is 4.98 Å². The van der Waals surface area contributed by atoms with E-state index in [9.17, 15) is 9.90 Å². The maximum atomic E-state index is 12.9. The van der Waals surface area contributed by atoms with Crippen molar-refractivity contribution in [2.75, 3.05) is 18.0 Å². The summed E-state index contributed by atoms with van der Waals surface area (Å²) in [5.41, 5.74) is 5.29. The van der Waals surface area contributed by atoms with Crippen LogP contribution in [0.25, 0.3) is 22.2 Å². The van der Waals surface area contributed by atoms with E-state index in [1.807, 2.05) is 30.6 Å². The molecule has 0 atom stereocenters. The molecule has 1 aliphatic rings. The highest BCUT2D eigenvalue weighted by Crippen LogP contribution is 2.30. The van der Waals surface area contributed by atoms with Crippen LogP contribution in [0, 0.1) is 0 Å². The number of aliphatic hydroxyl groups is 1. The first-order valence-electron chi connectivity index (χ1n) is 10.9. The van der Waals surface area contributed by atoms with Gasteiger partial charge in [0.25, 0.3) is 5.56 Å². The number of hydrogen-bond acceptors (Lipinski definition) is 4. The molecule has 2 N–H and O–H groups in total. The average molecular weight is 449 g/mol. The molecule has 32 heavy (non-hydrogen) atoms. The van der Waals surface area contributed by atoms with E-state index in [0.717, 1.165) is 52.1 Å². The van der Waals surface area contributed by atoms with Gasteiger partial charge >= 0.3 is 0 Å². The normalized spacial score (nSPS) is 14.2. The lowest BCUT2D eigenvalue weighted by molar-refractivity contribution is 0.281. The molecule has 4 aromatic rings. The second-order valence-corrected chi connectivity index (χ2v) is 8.78. The predicted molar refractivity (Wildman–Crippen MR) is 128 cm³/mol. The molecule has 3 aromatic heterocycles. The summed E-state index contributed by atoms with van der Waals surface area (Å²) in [4.78, 5) is 23.1. The molecule has 6 nitrogen and oxygen atoms in total. The van der Waals surface area contributed by atoms with Crippen LogP contribution in [0.1, 0.15) is 30.4 Å². The third-order valence-corrected chi connectivity index (χ3v) is 6.32. The minimum atomic E-state index is -0.0949. The fourth-order valence-corrected chi connectivity index (χ4v) is 4.74. The molecule has 164 valence electrons. The SMILES string of the molecule is O=c1cc(-c2c[nH]c3ncc(N4CCCCC4)cc23)ccn1Cc1cc(Cl)cc(CO)c1. The van der Waals surface area contributed by atoms with Crippen molar-refractivity contribution in [2.24, 2.45) is 0 Å². The van der Waals surface area contributed by atoms with E-state index >= 15 is 0 Å². The third-order valence-electron chi connectivity index (χ3n) is 6.10. The molecule has 4 heterocycles. The molecule has 5 rings (SSSR count). The molecule has 0 saturated carbocycles. The Balaban J connectivity index is 1.46. The van der Waals surface area contributed by atoms with Gasteiger partial charge in [-0.2, -0.15) is 0 Å². The average Bonchev–Trinajstić information content (AvgIpc) is 3.24. The minimum Gasteiger partial charge on any atom is -0.392 e. The summed E-state index contributed by atoms with van der Waals surface area (Å²) in [6.45, 7) is 2.42. The molecule has 1 fully saturated rings. The number of H-pyrrole nitrogens is 1. The van der Waals surface area contributed by atoms with Gasteiger partial charge in [0, 0.05) is 47.5 Å². The number of halogens is 1. The number of aromatic amines is 1. The molecule has 0 bridgehead atoms. The van der Waals surface area contributed by atoms with Gasteiger partial charge in [0.05, 0.1) is 25.0 Å². The molecule has 0 amide bonds. The Bertz CT molecular complexity index is 1320. The number of piperidine rings is 1. The van der Waals surface area contributed by atoms with Crippen molar-refractivity contribution in [3.05, 3.63) is 81.5 Å². The van der Waals surface area contributed by atoms with Crippen LogP contribution in [0.3, 0.4) is 0 Å². The van der Waals surface area contributed by atoms with Gasteiger partial charge in [-0.1, -0.05) is 17.7 Å². The lowest BCUT2D eigenvalue weighted by Crippen LogP contribution is -2.29. The maximum Gasteiger partial charge on any atom is 0.251 e. The molecular weight excluding hydrogens is 424 g/mol. The van der Waals surface area contributed by atoms with Crippen molar-refractivity contribution in [1.82, 2.24) is 14.5 Å². The van der Waals surface area contributed by atoms with Gasteiger partial charge in [-0.15, -0.1) is 0 Å². The monoisotopic (exact) mass is 448 g/mol. The van der Waals surface area contributed by atoms with E-state index in [0.29, 0.717) is 11.6 Å². The summed E-state index contributed by atoms with van der Waals surface area (Å²) in [5, 5.41) is 11.0. The Hall–Kier alpha value is -3.09. The zero-order valence-electron chi connectivity index (χ0n) is 17.7. The van der Waals surface area contributed by atoms with Gasteiger partial charge in [-0.3, -0.25) is 4.79 Å². The number of anilines is 1. The number of rotatable bonds is 5. The van der Waals surface area contributed by atoms with Crippen LogP contribution in [-0.2, 0) is 13.2 Å². The van der Waals surface area contributed by atoms with Crippen LogP contribution >= 0.6 is 11.6 Å². The van der Waals surface area contributed by atoms with Gasteiger partial charge in [0.1, 0.15) is 5.65 Å². The van der Waals surface area contributed by atoms with Crippen LogP contribution in [0.15, 0.2) is 59.8 Å². The lowest BCUT2D eigenvalue weighted by Gasteiger charge is -2.28. The number of hydrogen-bond donors (Lipinski definition) is 2. The Morgan fingerprint density at radius 2 is 1.88 bits per heavy atom.